The molecule has 0 spiro atoms. The lowest BCUT2D eigenvalue weighted by Crippen LogP contribution is -2.36. The Morgan fingerprint density at radius 3 is 3.12 bits per heavy atom. The number of nitrogens with zero attached hydrogens (tertiary/aromatic N) is 2. The first kappa shape index (κ1) is 12.6. The van der Waals surface area contributed by atoms with Crippen LogP contribution in [-0.4, -0.2) is 28.5 Å². The minimum atomic E-state index is 0.386. The molecule has 1 N–H and O–H groups in total. The molecule has 0 aromatic carbocycles. The average molecular weight is 237 g/mol. The molecule has 0 saturated carbocycles. The summed E-state index contributed by atoms with van der Waals surface area (Å²) in [5.74, 6) is 0. The summed E-state index contributed by atoms with van der Waals surface area (Å²) in [6, 6.07) is 0.419. The summed E-state index contributed by atoms with van der Waals surface area (Å²) >= 11 is 0. The number of ether oxygens (including phenoxy) is 1. The van der Waals surface area contributed by atoms with E-state index in [0.717, 1.165) is 19.6 Å². The maximum atomic E-state index is 5.68. The quantitative estimate of drug-likeness (QED) is 0.846. The minimum absolute atomic E-state index is 0.386. The lowest BCUT2D eigenvalue weighted by atomic mass is 10.1. The minimum Gasteiger partial charge on any atom is -0.377 e. The van der Waals surface area contributed by atoms with Crippen molar-refractivity contribution >= 4 is 0 Å². The average Bonchev–Trinajstić information content (AvgIpc) is 2.94. The summed E-state index contributed by atoms with van der Waals surface area (Å²) in [4.78, 5) is 0. The van der Waals surface area contributed by atoms with Gasteiger partial charge in [-0.1, -0.05) is 6.92 Å². The van der Waals surface area contributed by atoms with Gasteiger partial charge in [-0.05, 0) is 26.2 Å². The number of nitrogens with one attached hydrogen (secondary N) is 1. The molecule has 1 aliphatic rings. The zero-order chi connectivity index (χ0) is 12.3. The topological polar surface area (TPSA) is 39.1 Å². The lowest BCUT2D eigenvalue weighted by molar-refractivity contribution is 0.0832. The lowest BCUT2D eigenvalue weighted by Gasteiger charge is -2.19. The van der Waals surface area contributed by atoms with Crippen LogP contribution in [0.1, 0.15) is 37.9 Å². The van der Waals surface area contributed by atoms with Gasteiger partial charge in [0.25, 0.3) is 0 Å². The molecule has 4 heteroatoms. The number of hydrogen-bond acceptors (Lipinski definition) is 3. The molecule has 2 atom stereocenters. The van der Waals surface area contributed by atoms with Crippen molar-refractivity contribution < 1.29 is 4.74 Å². The predicted molar refractivity (Wildman–Crippen MR) is 67.9 cm³/mol. The van der Waals surface area contributed by atoms with E-state index in [1.165, 1.54) is 24.1 Å². The van der Waals surface area contributed by atoms with Crippen LogP contribution in [0.4, 0.5) is 0 Å². The first-order valence-electron chi connectivity index (χ1n) is 6.57. The normalized spacial score (nSPS) is 21.9. The van der Waals surface area contributed by atoms with Crippen LogP contribution in [0.15, 0.2) is 6.20 Å². The SMILES string of the molecule is CCc1nn(C)cc1CNC(C)C1CCCO1. The molecule has 0 amide bonds. The smallest absolute Gasteiger partial charge is 0.0726 e. The zero-order valence-electron chi connectivity index (χ0n) is 11.1. The van der Waals surface area contributed by atoms with E-state index in [2.05, 4.69) is 30.5 Å². The van der Waals surface area contributed by atoms with Gasteiger partial charge in [-0.3, -0.25) is 4.68 Å². The molecule has 1 fully saturated rings. The van der Waals surface area contributed by atoms with E-state index in [9.17, 15) is 0 Å². The molecule has 4 nitrogen and oxygen atoms in total. The highest BCUT2D eigenvalue weighted by molar-refractivity contribution is 5.16. The van der Waals surface area contributed by atoms with Crippen LogP contribution >= 0.6 is 0 Å². The number of hydrogen-bond donors (Lipinski definition) is 1. The van der Waals surface area contributed by atoms with Crippen LogP contribution < -0.4 is 5.32 Å². The van der Waals surface area contributed by atoms with Crippen molar-refractivity contribution in [2.45, 2.75) is 51.8 Å². The highest BCUT2D eigenvalue weighted by Gasteiger charge is 2.22. The van der Waals surface area contributed by atoms with E-state index in [1.54, 1.807) is 0 Å². The molecular weight excluding hydrogens is 214 g/mol. The highest BCUT2D eigenvalue weighted by atomic mass is 16.5. The third-order valence-electron chi connectivity index (χ3n) is 3.46. The second-order valence-corrected chi connectivity index (χ2v) is 4.85. The Labute approximate surface area is 103 Å². The van der Waals surface area contributed by atoms with Crippen LogP contribution in [0, 0.1) is 0 Å². The molecule has 96 valence electrons. The summed E-state index contributed by atoms with van der Waals surface area (Å²) in [6.07, 6.45) is 5.86. The van der Waals surface area contributed by atoms with E-state index >= 15 is 0 Å². The summed E-state index contributed by atoms with van der Waals surface area (Å²) < 4.78 is 7.58. The van der Waals surface area contributed by atoms with Gasteiger partial charge in [-0.2, -0.15) is 5.10 Å². The second kappa shape index (κ2) is 5.65. The van der Waals surface area contributed by atoms with Crippen molar-refractivity contribution in [3.8, 4) is 0 Å². The monoisotopic (exact) mass is 237 g/mol. The van der Waals surface area contributed by atoms with Crippen molar-refractivity contribution in [3.05, 3.63) is 17.5 Å². The summed E-state index contributed by atoms with van der Waals surface area (Å²) in [6.45, 7) is 6.16. The predicted octanol–water partition coefficient (Wildman–Crippen LogP) is 1.64. The van der Waals surface area contributed by atoms with Crippen molar-refractivity contribution in [1.82, 2.24) is 15.1 Å². The largest absolute Gasteiger partial charge is 0.377 e. The summed E-state index contributed by atoms with van der Waals surface area (Å²) in [5.41, 5.74) is 2.50. The van der Waals surface area contributed by atoms with Crippen LogP contribution in [0.25, 0.3) is 0 Å². The fraction of sp³-hybridized carbons (Fsp3) is 0.769. The number of aromatic nitrogens is 2. The van der Waals surface area contributed by atoms with Crippen molar-refractivity contribution in [2.24, 2.45) is 7.05 Å². The van der Waals surface area contributed by atoms with Gasteiger partial charge in [0.1, 0.15) is 0 Å². The molecule has 0 bridgehead atoms. The molecule has 1 aromatic heterocycles. The Kier molecular flexibility index (Phi) is 4.18. The van der Waals surface area contributed by atoms with Crippen LogP contribution in [0.2, 0.25) is 0 Å². The van der Waals surface area contributed by atoms with Gasteiger partial charge < -0.3 is 10.1 Å². The maximum absolute atomic E-state index is 5.68. The van der Waals surface area contributed by atoms with Crippen molar-refractivity contribution in [2.75, 3.05) is 6.61 Å². The van der Waals surface area contributed by atoms with Gasteiger partial charge >= 0.3 is 0 Å². The first-order valence-corrected chi connectivity index (χ1v) is 6.57. The second-order valence-electron chi connectivity index (χ2n) is 4.85. The Morgan fingerprint density at radius 1 is 1.65 bits per heavy atom. The Hall–Kier alpha value is -0.870. The third kappa shape index (κ3) is 3.07. The van der Waals surface area contributed by atoms with E-state index in [0.29, 0.717) is 12.1 Å². The first-order chi connectivity index (χ1) is 8.20. The number of rotatable bonds is 5. The van der Waals surface area contributed by atoms with E-state index < -0.39 is 0 Å². The van der Waals surface area contributed by atoms with Crippen molar-refractivity contribution in [3.63, 3.8) is 0 Å². The Bertz CT molecular complexity index is 356. The molecule has 2 heterocycles. The molecule has 1 aliphatic heterocycles. The van der Waals surface area contributed by atoms with E-state index in [1.807, 2.05) is 11.7 Å². The van der Waals surface area contributed by atoms with Gasteiger partial charge in [-0.15, -0.1) is 0 Å². The fourth-order valence-corrected chi connectivity index (χ4v) is 2.43. The number of aryl methyl sites for hydroxylation is 2. The highest BCUT2D eigenvalue weighted by Crippen LogP contribution is 2.16. The van der Waals surface area contributed by atoms with Crippen LogP contribution in [0.3, 0.4) is 0 Å². The molecule has 2 unspecified atom stereocenters. The van der Waals surface area contributed by atoms with Gasteiger partial charge in [0, 0.05) is 38.0 Å². The van der Waals surface area contributed by atoms with Gasteiger partial charge in [0.2, 0.25) is 0 Å². The Morgan fingerprint density at radius 2 is 2.47 bits per heavy atom. The molecule has 1 saturated heterocycles. The molecule has 0 aliphatic carbocycles. The molecule has 2 rings (SSSR count). The standard InChI is InChI=1S/C13H23N3O/c1-4-12-11(9-16(3)15-12)8-14-10(2)13-6-5-7-17-13/h9-10,13-14H,4-8H2,1-3H3. The van der Waals surface area contributed by atoms with Crippen LogP contribution in [0.5, 0.6) is 0 Å². The fourth-order valence-electron chi connectivity index (χ4n) is 2.43. The summed E-state index contributed by atoms with van der Waals surface area (Å²) in [5, 5.41) is 8.00. The Balaban J connectivity index is 1.87. The summed E-state index contributed by atoms with van der Waals surface area (Å²) in [7, 11) is 1.98. The molecule has 1 aromatic rings. The zero-order valence-corrected chi connectivity index (χ0v) is 11.1. The van der Waals surface area contributed by atoms with Crippen LogP contribution in [-0.2, 0) is 24.8 Å². The van der Waals surface area contributed by atoms with Gasteiger partial charge in [0.15, 0.2) is 0 Å². The molecule has 0 radical (unpaired) electrons. The van der Waals surface area contributed by atoms with Gasteiger partial charge in [0.05, 0.1) is 11.8 Å². The van der Waals surface area contributed by atoms with E-state index in [4.69, 9.17) is 4.74 Å². The van der Waals surface area contributed by atoms with Crippen molar-refractivity contribution in [1.29, 1.82) is 0 Å². The third-order valence-corrected chi connectivity index (χ3v) is 3.46. The molecular formula is C13H23N3O. The van der Waals surface area contributed by atoms with Gasteiger partial charge in [-0.25, -0.2) is 0 Å². The van der Waals surface area contributed by atoms with E-state index in [-0.39, 0.29) is 0 Å². The maximum Gasteiger partial charge on any atom is 0.0726 e. The molecule has 17 heavy (non-hydrogen) atoms.